The van der Waals surface area contributed by atoms with E-state index in [0.29, 0.717) is 0 Å². The molecular weight excluding hydrogens is 220 g/mol. The van der Waals surface area contributed by atoms with E-state index >= 15 is 0 Å². The number of halogens is 1. The Labute approximate surface area is 111 Å². The van der Waals surface area contributed by atoms with Crippen LogP contribution in [0.25, 0.3) is 0 Å². The summed E-state index contributed by atoms with van der Waals surface area (Å²) in [5.74, 6) is 1.03. The fourth-order valence-electron chi connectivity index (χ4n) is 1.68. The van der Waals surface area contributed by atoms with Crippen molar-refractivity contribution in [1.82, 2.24) is 0 Å². The quantitative estimate of drug-likeness (QED) is 0.576. The van der Waals surface area contributed by atoms with E-state index in [1.165, 1.54) is 32.1 Å². The van der Waals surface area contributed by atoms with Crippen LogP contribution in [-0.4, -0.2) is 30.5 Å². The zero-order valence-electron chi connectivity index (χ0n) is 10.4. The predicted molar refractivity (Wildman–Crippen MR) is 66.3 cm³/mol. The molecule has 0 saturated carbocycles. The van der Waals surface area contributed by atoms with Gasteiger partial charge in [-0.05, 0) is 0 Å². The number of rotatable bonds is 7. The Morgan fingerprint density at radius 1 is 1.21 bits per heavy atom. The molecule has 0 aromatic rings. The van der Waals surface area contributed by atoms with Crippen LogP contribution in [0.4, 0.5) is 0 Å². The summed E-state index contributed by atoms with van der Waals surface area (Å²) >= 11 is 2.26. The van der Waals surface area contributed by atoms with Crippen molar-refractivity contribution in [3.8, 4) is 0 Å². The van der Waals surface area contributed by atoms with E-state index in [2.05, 4.69) is 48.7 Å². The van der Waals surface area contributed by atoms with Gasteiger partial charge in [0.05, 0.1) is 0 Å². The Kier molecular flexibility index (Phi) is 13.6. The molecule has 0 amide bonds. The molecule has 0 N–H and O–H groups in total. The zero-order valence-corrected chi connectivity index (χ0v) is 13.7. The van der Waals surface area contributed by atoms with E-state index in [-0.39, 0.29) is 21.2 Å². The molecule has 0 spiro atoms. The second-order valence-corrected chi connectivity index (χ2v) is 10.1. The third-order valence-corrected chi connectivity index (χ3v) is 8.44. The number of unbranched alkanes of at least 4 members (excludes halogenated alkanes) is 1. The first-order valence-corrected chi connectivity index (χ1v) is 9.74. The van der Waals surface area contributed by atoms with Gasteiger partial charge in [0.15, 0.2) is 0 Å². The molecule has 0 aromatic carbocycles. The molecule has 14 heavy (non-hydrogen) atoms. The summed E-state index contributed by atoms with van der Waals surface area (Å²) < 4.78 is 1.07. The molecule has 0 bridgehead atoms. The Hall–Kier alpha value is 1.27. The summed E-state index contributed by atoms with van der Waals surface area (Å²) in [5, 5.41) is 0. The summed E-state index contributed by atoms with van der Waals surface area (Å²) in [4.78, 5) is 0. The third kappa shape index (κ3) is 8.57. The molecule has 2 atom stereocenters. The third-order valence-electron chi connectivity index (χ3n) is 3.12. The summed E-state index contributed by atoms with van der Waals surface area (Å²) in [6.07, 6.45) is 7.19. The fraction of sp³-hybridized carbons (Fsp3) is 1.00. The number of hydrogen-bond acceptors (Lipinski definition) is 0. The van der Waals surface area contributed by atoms with Crippen molar-refractivity contribution in [2.24, 2.45) is 5.92 Å². The van der Waals surface area contributed by atoms with E-state index < -0.39 is 0 Å². The van der Waals surface area contributed by atoms with Gasteiger partial charge in [-0.25, -0.2) is 0 Å². The normalized spacial score (nSPS) is 15.1. The molecule has 0 aliphatic heterocycles. The van der Waals surface area contributed by atoms with Crippen molar-refractivity contribution in [2.75, 3.05) is 0 Å². The fourth-order valence-corrected chi connectivity index (χ4v) is 3.08. The van der Waals surface area contributed by atoms with Crippen LogP contribution in [0.2, 0.25) is 16.8 Å². The first kappa shape index (κ1) is 17.7. The van der Waals surface area contributed by atoms with Gasteiger partial charge in [0.1, 0.15) is 0 Å². The molecule has 0 aliphatic rings. The topological polar surface area (TPSA) is 0 Å². The first-order chi connectivity index (χ1) is 6.11. The van der Waals surface area contributed by atoms with Crippen molar-refractivity contribution >= 4 is 30.5 Å². The molecule has 0 fully saturated rings. The van der Waals surface area contributed by atoms with Gasteiger partial charge >= 0.3 is 99.1 Å². The van der Waals surface area contributed by atoms with Crippen LogP contribution in [-0.2, 0) is 0 Å². The summed E-state index contributed by atoms with van der Waals surface area (Å²) in [5.41, 5.74) is 0. The maximum absolute atomic E-state index is 2.49. The van der Waals surface area contributed by atoms with Crippen molar-refractivity contribution in [2.45, 2.75) is 62.7 Å². The van der Waals surface area contributed by atoms with Crippen LogP contribution >= 0.6 is 0 Å². The molecule has 0 rings (SSSR count). The summed E-state index contributed by atoms with van der Waals surface area (Å²) in [7, 11) is -0.356. The minimum atomic E-state index is -0.356. The SMILES string of the molecule is CCCCC(CC)C[CH]([Mg+])[SiH](C)C.[Cl-]. The minimum Gasteiger partial charge on any atom is -1.00 e. The van der Waals surface area contributed by atoms with Gasteiger partial charge in [0, 0.05) is 0 Å². The number of hydrogen-bond donors (Lipinski definition) is 0. The van der Waals surface area contributed by atoms with Crippen LogP contribution in [0.1, 0.15) is 46.0 Å². The predicted octanol–water partition coefficient (Wildman–Crippen LogP) is 0.580. The monoisotopic (exact) mass is 244 g/mol. The second-order valence-electron chi connectivity index (χ2n) is 4.66. The van der Waals surface area contributed by atoms with Gasteiger partial charge in [-0.1, -0.05) is 0 Å². The first-order valence-electron chi connectivity index (χ1n) is 5.94. The average molecular weight is 245 g/mol. The molecule has 2 unspecified atom stereocenters. The van der Waals surface area contributed by atoms with Crippen molar-refractivity contribution in [3.63, 3.8) is 0 Å². The minimum absolute atomic E-state index is 0. The van der Waals surface area contributed by atoms with Crippen molar-refractivity contribution in [1.29, 1.82) is 0 Å². The maximum atomic E-state index is 2.49. The second kappa shape index (κ2) is 10.8. The van der Waals surface area contributed by atoms with Gasteiger partial charge in [-0.15, -0.1) is 0 Å². The Balaban J connectivity index is 0. The molecule has 0 aliphatic carbocycles. The van der Waals surface area contributed by atoms with Gasteiger partial charge < -0.3 is 12.4 Å². The smallest absolute Gasteiger partial charge is 1.00 e. The van der Waals surface area contributed by atoms with Gasteiger partial charge in [0.25, 0.3) is 0 Å². The van der Waals surface area contributed by atoms with Crippen LogP contribution < -0.4 is 12.4 Å². The van der Waals surface area contributed by atoms with Crippen LogP contribution in [0.5, 0.6) is 0 Å². The largest absolute Gasteiger partial charge is 1.00 e. The molecule has 0 saturated heterocycles. The van der Waals surface area contributed by atoms with E-state index in [1.54, 1.807) is 0 Å². The molecule has 3 heteroatoms. The maximum Gasteiger partial charge on any atom is -1.00 e. The van der Waals surface area contributed by atoms with Gasteiger partial charge in [-0.2, -0.15) is 0 Å². The molecule has 82 valence electrons. The Morgan fingerprint density at radius 3 is 2.14 bits per heavy atom. The van der Waals surface area contributed by atoms with Crippen LogP contribution in [0, 0.1) is 5.92 Å². The standard InChI is InChI=1S/C11H25Si.ClH.Mg/c1-5-7-8-11(6-2)9-10-12(3)4;;/h10-12H,5-9H2,1-4H3;1H;/q;;+1/p-1. The van der Waals surface area contributed by atoms with Crippen molar-refractivity contribution in [3.05, 3.63) is 0 Å². The van der Waals surface area contributed by atoms with E-state index in [4.69, 9.17) is 0 Å². The summed E-state index contributed by atoms with van der Waals surface area (Å²) in [6, 6.07) is 0. The van der Waals surface area contributed by atoms with Crippen LogP contribution in [0.3, 0.4) is 0 Å². The molecule has 0 nitrogen and oxygen atoms in total. The van der Waals surface area contributed by atoms with E-state index in [1.807, 2.05) is 0 Å². The average Bonchev–Trinajstić information content (AvgIpc) is 2.11. The Morgan fingerprint density at radius 2 is 1.79 bits per heavy atom. The van der Waals surface area contributed by atoms with Gasteiger partial charge in [-0.3, -0.25) is 0 Å². The van der Waals surface area contributed by atoms with E-state index in [9.17, 15) is 0 Å². The molecule has 0 heterocycles. The Bertz CT molecular complexity index is 120. The summed E-state index contributed by atoms with van der Waals surface area (Å²) in [6.45, 7) is 9.64. The molecule has 0 radical (unpaired) electrons. The molecule has 0 aromatic heterocycles. The molecular formula is C11H25ClMgSi. The van der Waals surface area contributed by atoms with Crippen LogP contribution in [0.15, 0.2) is 0 Å². The van der Waals surface area contributed by atoms with Crippen molar-refractivity contribution < 1.29 is 12.4 Å². The van der Waals surface area contributed by atoms with E-state index in [0.717, 1.165) is 9.59 Å². The zero-order chi connectivity index (χ0) is 10.3. The van der Waals surface area contributed by atoms with Gasteiger partial charge in [0.2, 0.25) is 0 Å².